The Morgan fingerprint density at radius 2 is 2.39 bits per heavy atom. The molecule has 0 unspecified atom stereocenters. The van der Waals surface area contributed by atoms with Crippen LogP contribution in [0.1, 0.15) is 19.2 Å². The van der Waals surface area contributed by atoms with Gasteiger partial charge in [0.2, 0.25) is 0 Å². The third-order valence-corrected chi connectivity index (χ3v) is 3.18. The molecule has 96 valence electrons. The average molecular weight is 380 g/mol. The van der Waals surface area contributed by atoms with Crippen LogP contribution in [0.2, 0.25) is 5.15 Å². The highest BCUT2D eigenvalue weighted by Crippen LogP contribution is 2.18. The van der Waals surface area contributed by atoms with Crippen molar-refractivity contribution >= 4 is 45.7 Å². The van der Waals surface area contributed by atoms with Crippen LogP contribution < -0.4 is 0 Å². The van der Waals surface area contributed by atoms with E-state index in [4.69, 9.17) is 16.3 Å². The fourth-order valence-electron chi connectivity index (χ4n) is 1.61. The summed E-state index contributed by atoms with van der Waals surface area (Å²) in [5, 5.41) is 0.414. The van der Waals surface area contributed by atoms with Crippen LogP contribution in [0.3, 0.4) is 0 Å². The Balaban J connectivity index is 2.21. The molecule has 0 fully saturated rings. The minimum Gasteiger partial charge on any atom is -0.466 e. The molecule has 5 nitrogen and oxygen atoms in total. The monoisotopic (exact) mass is 379 g/mol. The van der Waals surface area contributed by atoms with Crippen LogP contribution in [-0.4, -0.2) is 26.9 Å². The maximum absolute atomic E-state index is 11.3. The summed E-state index contributed by atoms with van der Waals surface area (Å²) in [6, 6.07) is 0. The van der Waals surface area contributed by atoms with Gasteiger partial charge in [0, 0.05) is 12.6 Å². The molecule has 0 saturated carbocycles. The van der Waals surface area contributed by atoms with Crippen molar-refractivity contribution in [2.45, 2.75) is 19.8 Å². The summed E-state index contributed by atoms with van der Waals surface area (Å²) < 4.78 is 7.52. The Kier molecular flexibility index (Phi) is 4.39. The van der Waals surface area contributed by atoms with Gasteiger partial charge < -0.3 is 4.74 Å². The minimum absolute atomic E-state index is 0.218. The van der Waals surface area contributed by atoms with Crippen LogP contribution in [0.25, 0.3) is 5.52 Å². The zero-order valence-corrected chi connectivity index (χ0v) is 12.6. The number of aryl methyl sites for hydroxylation is 1. The first kappa shape index (κ1) is 13.5. The predicted octanol–water partition coefficient (Wildman–Crippen LogP) is 2.48. The van der Waals surface area contributed by atoms with E-state index in [1.807, 2.05) is 10.6 Å². The molecule has 0 aliphatic carbocycles. The second kappa shape index (κ2) is 5.83. The van der Waals surface area contributed by atoms with Gasteiger partial charge in [0.15, 0.2) is 5.15 Å². The fraction of sp³-hybridized carbons (Fsp3) is 0.364. The molecular weight excluding hydrogens is 368 g/mol. The highest BCUT2D eigenvalue weighted by Gasteiger charge is 2.11. The summed E-state index contributed by atoms with van der Waals surface area (Å²) in [4.78, 5) is 19.7. The topological polar surface area (TPSA) is 56.5 Å². The number of halogens is 2. The van der Waals surface area contributed by atoms with E-state index in [1.165, 1.54) is 0 Å². The first-order valence-electron chi connectivity index (χ1n) is 5.45. The highest BCUT2D eigenvalue weighted by molar-refractivity contribution is 14.1. The summed E-state index contributed by atoms with van der Waals surface area (Å²) >= 11 is 8.11. The average Bonchev–Trinajstić information content (AvgIpc) is 2.70. The number of ether oxygens (including phenoxy) is 1. The molecule has 0 radical (unpaired) electrons. The fourth-order valence-corrected chi connectivity index (χ4v) is 2.51. The van der Waals surface area contributed by atoms with Crippen molar-refractivity contribution < 1.29 is 9.53 Å². The quantitative estimate of drug-likeness (QED) is 0.605. The Hall–Kier alpha value is -0.890. The molecule has 2 rings (SSSR count). The van der Waals surface area contributed by atoms with Crippen molar-refractivity contribution in [3.8, 4) is 0 Å². The van der Waals surface area contributed by atoms with E-state index in [0.29, 0.717) is 24.6 Å². The highest BCUT2D eigenvalue weighted by atomic mass is 127. The summed E-state index contributed by atoms with van der Waals surface area (Å²) in [6.45, 7) is 2.19. The maximum atomic E-state index is 11.3. The van der Waals surface area contributed by atoms with E-state index in [1.54, 1.807) is 13.1 Å². The third-order valence-electron chi connectivity index (χ3n) is 2.38. The van der Waals surface area contributed by atoms with Crippen molar-refractivity contribution in [1.29, 1.82) is 0 Å². The van der Waals surface area contributed by atoms with E-state index >= 15 is 0 Å². The second-order valence-corrected chi connectivity index (χ2v) is 5.05. The normalized spacial score (nSPS) is 10.8. The number of carbonyl (C=O) groups excluding carboxylic acids is 1. The Morgan fingerprint density at radius 1 is 1.61 bits per heavy atom. The lowest BCUT2D eigenvalue weighted by atomic mass is 10.3. The lowest BCUT2D eigenvalue weighted by Crippen LogP contribution is -2.07. The number of hydrogen-bond acceptors (Lipinski definition) is 4. The van der Waals surface area contributed by atoms with E-state index in [9.17, 15) is 4.79 Å². The Bertz CT molecular complexity index is 585. The molecule has 2 heterocycles. The molecule has 0 aliphatic heterocycles. The van der Waals surface area contributed by atoms with Crippen molar-refractivity contribution in [1.82, 2.24) is 14.4 Å². The SMILES string of the molecule is CCOC(=O)CCc1ncc2c(Cl)nc(I)cn12. The van der Waals surface area contributed by atoms with Crippen molar-refractivity contribution in [3.63, 3.8) is 0 Å². The van der Waals surface area contributed by atoms with Gasteiger partial charge in [-0.3, -0.25) is 9.20 Å². The molecule has 7 heteroatoms. The van der Waals surface area contributed by atoms with E-state index in [2.05, 4.69) is 32.6 Å². The van der Waals surface area contributed by atoms with Crippen molar-refractivity contribution in [3.05, 3.63) is 27.1 Å². The zero-order chi connectivity index (χ0) is 13.1. The molecule has 2 aromatic heterocycles. The van der Waals surface area contributed by atoms with Crippen molar-refractivity contribution in [2.75, 3.05) is 6.61 Å². The standard InChI is InChI=1S/C11H11ClIN3O2/c1-2-18-10(17)4-3-9-14-5-7-11(12)15-8(13)6-16(7)9/h5-6H,2-4H2,1H3. The van der Waals surface area contributed by atoms with Gasteiger partial charge in [-0.05, 0) is 29.5 Å². The smallest absolute Gasteiger partial charge is 0.306 e. The van der Waals surface area contributed by atoms with Gasteiger partial charge in [-0.1, -0.05) is 11.6 Å². The van der Waals surface area contributed by atoms with E-state index in [-0.39, 0.29) is 5.97 Å². The van der Waals surface area contributed by atoms with Gasteiger partial charge in [0.05, 0.1) is 19.2 Å². The number of esters is 1. The molecule has 0 atom stereocenters. The number of carbonyl (C=O) groups is 1. The molecule has 0 N–H and O–H groups in total. The number of fused-ring (bicyclic) bond motifs is 1. The van der Waals surface area contributed by atoms with Crippen LogP contribution >= 0.6 is 34.2 Å². The molecule has 18 heavy (non-hydrogen) atoms. The third kappa shape index (κ3) is 2.92. The number of rotatable bonds is 4. The molecule has 0 spiro atoms. The molecule has 0 amide bonds. The molecule has 0 bridgehead atoms. The minimum atomic E-state index is -0.218. The van der Waals surface area contributed by atoms with Crippen molar-refractivity contribution in [2.24, 2.45) is 0 Å². The zero-order valence-electron chi connectivity index (χ0n) is 9.69. The summed E-state index contributed by atoms with van der Waals surface area (Å²) in [7, 11) is 0. The lowest BCUT2D eigenvalue weighted by molar-refractivity contribution is -0.143. The first-order valence-corrected chi connectivity index (χ1v) is 6.91. The number of nitrogens with zero attached hydrogens (tertiary/aromatic N) is 3. The summed E-state index contributed by atoms with van der Waals surface area (Å²) in [6.07, 6.45) is 4.33. The van der Waals surface area contributed by atoms with Crippen LogP contribution in [0.5, 0.6) is 0 Å². The first-order chi connectivity index (χ1) is 8.61. The largest absolute Gasteiger partial charge is 0.466 e. The van der Waals surface area contributed by atoms with Crippen LogP contribution in [0.4, 0.5) is 0 Å². The second-order valence-electron chi connectivity index (χ2n) is 3.59. The van der Waals surface area contributed by atoms with E-state index < -0.39 is 0 Å². The molecule has 0 aliphatic rings. The van der Waals surface area contributed by atoms with Crippen LogP contribution in [0.15, 0.2) is 12.4 Å². The van der Waals surface area contributed by atoms with Crippen LogP contribution in [-0.2, 0) is 16.0 Å². The maximum Gasteiger partial charge on any atom is 0.306 e. The van der Waals surface area contributed by atoms with Gasteiger partial charge in [-0.25, -0.2) is 9.97 Å². The Morgan fingerprint density at radius 3 is 3.11 bits per heavy atom. The Labute approximate surface area is 123 Å². The van der Waals surface area contributed by atoms with Gasteiger partial charge in [-0.2, -0.15) is 0 Å². The van der Waals surface area contributed by atoms with Gasteiger partial charge in [0.25, 0.3) is 0 Å². The van der Waals surface area contributed by atoms with Gasteiger partial charge in [0.1, 0.15) is 15.0 Å². The lowest BCUT2D eigenvalue weighted by Gasteiger charge is -2.03. The van der Waals surface area contributed by atoms with E-state index in [0.717, 1.165) is 15.0 Å². The van der Waals surface area contributed by atoms with Gasteiger partial charge in [-0.15, -0.1) is 0 Å². The van der Waals surface area contributed by atoms with Crippen LogP contribution in [0, 0.1) is 3.70 Å². The molecule has 0 aromatic carbocycles. The number of aromatic nitrogens is 3. The molecule has 2 aromatic rings. The summed E-state index contributed by atoms with van der Waals surface area (Å²) in [5.74, 6) is 0.560. The number of hydrogen-bond donors (Lipinski definition) is 0. The van der Waals surface area contributed by atoms with Gasteiger partial charge >= 0.3 is 5.97 Å². The number of imidazole rings is 1. The predicted molar refractivity (Wildman–Crippen MR) is 75.7 cm³/mol. The summed E-state index contributed by atoms with van der Waals surface area (Å²) in [5.41, 5.74) is 0.746. The molecular formula is C11H11ClIN3O2. The molecule has 0 saturated heterocycles.